The number of unbranched alkanes of at least 4 members (excludes halogenated alkanes) is 29. The first-order valence-corrected chi connectivity index (χ1v) is 31.9. The van der Waals surface area contributed by atoms with Gasteiger partial charge in [0.05, 0.1) is 25.3 Å². The van der Waals surface area contributed by atoms with Crippen LogP contribution in [0.4, 0.5) is 0 Å². The fourth-order valence-corrected chi connectivity index (χ4v) is 9.68. The summed E-state index contributed by atoms with van der Waals surface area (Å²) in [6.45, 7) is 11.7. The molecule has 0 aliphatic carbocycles. The van der Waals surface area contributed by atoms with Gasteiger partial charge in [0, 0.05) is 25.9 Å². The highest BCUT2D eigenvalue weighted by molar-refractivity contribution is 5.78. The third-order valence-electron chi connectivity index (χ3n) is 14.6. The van der Waals surface area contributed by atoms with Crippen LogP contribution in [0, 0.1) is 0 Å². The molecule has 0 heterocycles. The lowest BCUT2D eigenvalue weighted by atomic mass is 10.0. The molecule has 12 heteroatoms. The topological polar surface area (TPSA) is 158 Å². The van der Waals surface area contributed by atoms with E-state index in [1.807, 2.05) is 25.1 Å². The van der Waals surface area contributed by atoms with Gasteiger partial charge in [-0.05, 0) is 97.8 Å². The Morgan fingerprint density at radius 2 is 0.763 bits per heavy atom. The van der Waals surface area contributed by atoms with Crippen LogP contribution < -0.4 is 10.6 Å². The molecule has 0 saturated heterocycles. The van der Waals surface area contributed by atoms with Crippen LogP contribution in [0.25, 0.3) is 0 Å². The number of aliphatic hydroxyl groups is 2. The number of likely N-dealkylation sites (N-methyl/N-ethyl adjacent to an activating group) is 2. The third kappa shape index (κ3) is 49.5. The molecule has 76 heavy (non-hydrogen) atoms. The summed E-state index contributed by atoms with van der Waals surface area (Å²) in [4.78, 5) is 54.6. The number of nitrogens with zero attached hydrogens (tertiary/aromatic N) is 2. The summed E-state index contributed by atoms with van der Waals surface area (Å²) in [5.74, 6) is -0.730. The fourth-order valence-electron chi connectivity index (χ4n) is 9.68. The van der Waals surface area contributed by atoms with Crippen molar-refractivity contribution in [3.05, 3.63) is 24.3 Å². The summed E-state index contributed by atoms with van der Waals surface area (Å²) in [5, 5.41) is 27.7. The number of rotatable bonds is 57. The summed E-state index contributed by atoms with van der Waals surface area (Å²) in [5.41, 5.74) is 0. The van der Waals surface area contributed by atoms with Gasteiger partial charge in [0.1, 0.15) is 12.2 Å². The van der Waals surface area contributed by atoms with Gasteiger partial charge in [-0.2, -0.15) is 0 Å². The van der Waals surface area contributed by atoms with Gasteiger partial charge in [-0.25, -0.2) is 0 Å². The molecule has 4 atom stereocenters. The predicted molar refractivity (Wildman–Crippen MR) is 318 cm³/mol. The lowest BCUT2D eigenvalue weighted by molar-refractivity contribution is -0.157. The molecule has 4 unspecified atom stereocenters. The first kappa shape index (κ1) is 73.2. The van der Waals surface area contributed by atoms with Crippen LogP contribution in [0.5, 0.6) is 0 Å². The number of carbonyl (C=O) groups excluding carboxylic acids is 4. The number of allylic oxidation sites excluding steroid dienone is 1. The number of carbonyl (C=O) groups is 4. The Balaban J connectivity index is 4.24. The number of aliphatic hydroxyl groups excluding tert-OH is 2. The fraction of sp³-hybridized carbons (Fsp3) is 0.875. The van der Waals surface area contributed by atoms with Crippen LogP contribution in [0.2, 0.25) is 0 Å². The van der Waals surface area contributed by atoms with E-state index in [1.54, 1.807) is 12.2 Å². The minimum atomic E-state index is -0.841. The largest absolute Gasteiger partial charge is 0.459 e. The van der Waals surface area contributed by atoms with Crippen LogP contribution in [0.1, 0.15) is 285 Å². The summed E-state index contributed by atoms with van der Waals surface area (Å²) in [6, 6.07) is 0. The van der Waals surface area contributed by atoms with E-state index in [0.717, 1.165) is 103 Å². The van der Waals surface area contributed by atoms with Crippen LogP contribution in [-0.4, -0.2) is 122 Å². The van der Waals surface area contributed by atoms with E-state index in [1.165, 1.54) is 128 Å². The Morgan fingerprint density at radius 1 is 0.421 bits per heavy atom. The zero-order valence-electron chi connectivity index (χ0n) is 50.4. The molecule has 0 rings (SSSR count). The molecule has 0 spiro atoms. The highest BCUT2D eigenvalue weighted by Gasteiger charge is 2.24. The van der Waals surface area contributed by atoms with E-state index in [-0.39, 0.29) is 43.3 Å². The van der Waals surface area contributed by atoms with E-state index in [9.17, 15) is 29.4 Å². The molecule has 0 aromatic heterocycles. The van der Waals surface area contributed by atoms with Crippen molar-refractivity contribution in [2.45, 2.75) is 309 Å². The monoisotopic (exact) mass is 1070 g/mol. The van der Waals surface area contributed by atoms with Crippen molar-refractivity contribution in [3.63, 3.8) is 0 Å². The van der Waals surface area contributed by atoms with Crippen molar-refractivity contribution < 1.29 is 38.9 Å². The minimum absolute atomic E-state index is 0.0138. The quantitative estimate of drug-likeness (QED) is 0.0263. The second-order valence-electron chi connectivity index (χ2n) is 22.4. The van der Waals surface area contributed by atoms with Gasteiger partial charge >= 0.3 is 11.9 Å². The maximum Gasteiger partial charge on any atom is 0.320 e. The molecule has 0 aliphatic heterocycles. The lowest BCUT2D eigenvalue weighted by Crippen LogP contribution is -2.36. The van der Waals surface area contributed by atoms with Crippen LogP contribution in [0.15, 0.2) is 24.3 Å². The van der Waals surface area contributed by atoms with Crippen LogP contribution >= 0.6 is 0 Å². The van der Waals surface area contributed by atoms with E-state index in [2.05, 4.69) is 49.3 Å². The number of hydrogen-bond donors (Lipinski definition) is 4. The van der Waals surface area contributed by atoms with Gasteiger partial charge in [-0.1, -0.05) is 225 Å². The molecule has 0 fully saturated rings. The standard InChI is InChI=1S/C64H122N4O8/c1-7-11-15-17-19-21-23-27-31-35-43-53-67(5)55-63(73)75-59(47-37-13-9-3)57(69)45-39-33-29-25-26-30-34-40-49-61(71)65-51-52-66-62(72)50-42-41-46-58(70)60(48-38-14-10-4)76-64(74)56-68(6)54-44-36-32-28-24-22-20-18-16-12-8-2/h33,39,41-42,57-60,69-70H,7-32,34-38,40,43-56H2,1-6H3,(H,65,71)(H,66,72)/b39-33+,42-41+. The maximum atomic E-state index is 12.9. The summed E-state index contributed by atoms with van der Waals surface area (Å²) >= 11 is 0. The smallest absolute Gasteiger partial charge is 0.320 e. The molecule has 0 aromatic carbocycles. The summed E-state index contributed by atoms with van der Waals surface area (Å²) in [7, 11) is 3.94. The molecule has 0 radical (unpaired) electrons. The second-order valence-corrected chi connectivity index (χ2v) is 22.4. The Bertz CT molecular complexity index is 1400. The van der Waals surface area contributed by atoms with Crippen molar-refractivity contribution in [1.82, 2.24) is 20.4 Å². The first-order valence-electron chi connectivity index (χ1n) is 31.9. The number of esters is 2. The highest BCUT2D eigenvalue weighted by atomic mass is 16.6. The van der Waals surface area contributed by atoms with E-state index < -0.39 is 24.4 Å². The Hall–Kier alpha value is -2.80. The number of amides is 2. The Morgan fingerprint density at radius 3 is 1.18 bits per heavy atom. The van der Waals surface area contributed by atoms with Gasteiger partial charge < -0.3 is 30.3 Å². The molecule has 0 bridgehead atoms. The molecule has 2 amide bonds. The molecule has 0 aliphatic rings. The Kier molecular flexibility index (Phi) is 53.5. The minimum Gasteiger partial charge on any atom is -0.459 e. The van der Waals surface area contributed by atoms with E-state index >= 15 is 0 Å². The van der Waals surface area contributed by atoms with Crippen molar-refractivity contribution in [1.29, 1.82) is 0 Å². The molecule has 4 N–H and O–H groups in total. The van der Waals surface area contributed by atoms with E-state index in [0.29, 0.717) is 45.2 Å². The molecule has 12 nitrogen and oxygen atoms in total. The van der Waals surface area contributed by atoms with Crippen molar-refractivity contribution in [3.8, 4) is 0 Å². The van der Waals surface area contributed by atoms with Crippen molar-refractivity contribution >= 4 is 23.8 Å². The summed E-state index contributed by atoms with van der Waals surface area (Å²) < 4.78 is 11.7. The predicted octanol–water partition coefficient (Wildman–Crippen LogP) is 14.4. The lowest BCUT2D eigenvalue weighted by Gasteiger charge is -2.24. The molecule has 446 valence electrons. The zero-order valence-corrected chi connectivity index (χ0v) is 50.4. The second kappa shape index (κ2) is 55.5. The highest BCUT2D eigenvalue weighted by Crippen LogP contribution is 2.18. The van der Waals surface area contributed by atoms with Gasteiger partial charge in [-0.3, -0.25) is 29.0 Å². The molecular weight excluding hydrogens is 953 g/mol. The normalized spacial score (nSPS) is 13.4. The van der Waals surface area contributed by atoms with Crippen LogP contribution in [-0.2, 0) is 28.7 Å². The van der Waals surface area contributed by atoms with Crippen molar-refractivity contribution in [2.24, 2.45) is 0 Å². The molecular formula is C64H122N4O8. The van der Waals surface area contributed by atoms with Crippen molar-refractivity contribution in [2.75, 3.05) is 53.4 Å². The average molecular weight is 1080 g/mol. The number of hydrogen-bond acceptors (Lipinski definition) is 10. The first-order chi connectivity index (χ1) is 37.0. The van der Waals surface area contributed by atoms with Gasteiger partial charge in [0.15, 0.2) is 0 Å². The van der Waals surface area contributed by atoms with Crippen LogP contribution in [0.3, 0.4) is 0 Å². The zero-order chi connectivity index (χ0) is 56.0. The SMILES string of the molecule is CCCCCCCCCCCCCN(C)CC(=O)OC(CCCCC)C(O)C/C=C/CCCCCCCC(=O)NCCNC(=O)C/C=C/CC(O)C(CCCCC)OC(=O)CN(C)CCCCCCCCCCCCC. The van der Waals surface area contributed by atoms with E-state index in [4.69, 9.17) is 9.47 Å². The van der Waals surface area contributed by atoms with Gasteiger partial charge in [-0.15, -0.1) is 0 Å². The summed E-state index contributed by atoms with van der Waals surface area (Å²) in [6.07, 6.45) is 48.1. The Labute approximate surface area is 467 Å². The average Bonchev–Trinajstić information content (AvgIpc) is 3.39. The number of nitrogens with one attached hydrogen (secondary N) is 2. The van der Waals surface area contributed by atoms with Gasteiger partial charge in [0.2, 0.25) is 11.8 Å². The molecule has 0 saturated carbocycles. The number of ether oxygens (including phenoxy) is 2. The maximum absolute atomic E-state index is 12.9. The third-order valence-corrected chi connectivity index (χ3v) is 14.6. The molecule has 0 aromatic rings. The van der Waals surface area contributed by atoms with Gasteiger partial charge in [0.25, 0.3) is 0 Å².